The third-order valence-corrected chi connectivity index (χ3v) is 11.4. The number of hydrogen-bond acceptors (Lipinski definition) is 6. The summed E-state index contributed by atoms with van der Waals surface area (Å²) >= 11 is 0. The van der Waals surface area contributed by atoms with Crippen molar-refractivity contribution in [3.63, 3.8) is 0 Å². The number of amides is 1. The minimum atomic E-state index is -3.67. The van der Waals surface area contributed by atoms with Gasteiger partial charge in [0.05, 0.1) is 16.8 Å². The number of hydrogen-bond donors (Lipinski definition) is 2. The lowest BCUT2D eigenvalue weighted by Crippen LogP contribution is -3.00. The molecule has 44 heavy (non-hydrogen) atoms. The van der Waals surface area contributed by atoms with Crippen LogP contribution in [0.15, 0.2) is 47.4 Å². The van der Waals surface area contributed by atoms with E-state index in [1.807, 2.05) is 55.4 Å². The zero-order valence-corrected chi connectivity index (χ0v) is 29.5. The number of benzene rings is 2. The normalized spacial score (nSPS) is 19.4. The molecule has 0 aromatic heterocycles. The van der Waals surface area contributed by atoms with Crippen LogP contribution in [0, 0.1) is 5.41 Å². The summed E-state index contributed by atoms with van der Waals surface area (Å²) in [7, 11) is 0.193. The van der Waals surface area contributed by atoms with E-state index in [2.05, 4.69) is 44.8 Å². The van der Waals surface area contributed by atoms with Crippen LogP contribution in [0.2, 0.25) is 0 Å². The molecule has 2 aromatic rings. The number of sulfone groups is 1. The van der Waals surface area contributed by atoms with E-state index in [4.69, 9.17) is 0 Å². The van der Waals surface area contributed by atoms with Gasteiger partial charge >= 0.3 is 0 Å². The summed E-state index contributed by atoms with van der Waals surface area (Å²) in [4.78, 5) is 17.6. The second kappa shape index (κ2) is 17.0. The van der Waals surface area contributed by atoms with Gasteiger partial charge in [0.15, 0.2) is 9.84 Å². The quantitative estimate of drug-likeness (QED) is 0.305. The van der Waals surface area contributed by atoms with Crippen LogP contribution in [0.1, 0.15) is 103 Å². The molecule has 7 nitrogen and oxygen atoms in total. The Hall–Kier alpha value is -2.13. The molecule has 1 aliphatic heterocycles. The molecular weight excluding hydrogens is 594 g/mol. The van der Waals surface area contributed by atoms with Gasteiger partial charge in [0.25, 0.3) is 0 Å². The standard InChI is InChI=1S/C35H55N3O4S.ClH/c1-8-12-20-35(21-13-9-2)25-43(41,42)31-18-17-29(37(6)7)24-30(31)33(34(35)40)27-15-14-16-28(23-27)36-32(39)19-22-38(11-4)26(5)10-3;/h14-18,23-24,26,33-34,40H,8-13,19-22,25H2,1-7H3,(H,36,39);1H/p-1/t26?,33-,34-;/m1./s1. The third-order valence-electron chi connectivity index (χ3n) is 9.43. The number of aliphatic hydroxyl groups excluding tert-OH is 1. The number of fused-ring (bicyclic) bond motifs is 1. The fraction of sp³-hybridized carbons (Fsp3) is 0.629. The SMILES string of the molecule is CCCCC1(CCCC)CS(=O)(=O)c2ccc(N(C)C)cc2[C@@H](c2cccc(NC(=O)CCN(CC)C(C)CC)c2)[C@H]1O.[Cl-]. The second-order valence-corrected chi connectivity index (χ2v) is 14.6. The molecule has 0 saturated heterocycles. The number of unbranched alkanes of at least 4 members (excludes halogenated alkanes) is 2. The number of halogens is 1. The summed E-state index contributed by atoms with van der Waals surface area (Å²) in [5.74, 6) is -0.677. The van der Waals surface area contributed by atoms with Crippen molar-refractivity contribution in [2.24, 2.45) is 5.41 Å². The number of carbonyl (C=O) groups excluding carboxylic acids is 1. The molecule has 3 atom stereocenters. The molecular formula is C35H55ClN3O4S-. The van der Waals surface area contributed by atoms with E-state index < -0.39 is 27.3 Å². The lowest BCUT2D eigenvalue weighted by Gasteiger charge is -2.40. The number of aliphatic hydroxyl groups is 1. The Labute approximate surface area is 273 Å². The Morgan fingerprint density at radius 3 is 2.27 bits per heavy atom. The van der Waals surface area contributed by atoms with Crippen LogP contribution in [0.4, 0.5) is 11.4 Å². The highest BCUT2D eigenvalue weighted by Gasteiger charge is 2.49. The minimum Gasteiger partial charge on any atom is -1.00 e. The van der Waals surface area contributed by atoms with Gasteiger partial charge in [-0.3, -0.25) is 4.79 Å². The van der Waals surface area contributed by atoms with Crippen molar-refractivity contribution in [1.29, 1.82) is 0 Å². The number of nitrogens with zero attached hydrogens (tertiary/aromatic N) is 2. The lowest BCUT2D eigenvalue weighted by molar-refractivity contribution is -0.116. The Morgan fingerprint density at radius 2 is 1.70 bits per heavy atom. The average Bonchev–Trinajstić information content (AvgIpc) is 3.05. The summed E-state index contributed by atoms with van der Waals surface area (Å²) in [5, 5.41) is 15.5. The van der Waals surface area contributed by atoms with Crippen LogP contribution in [-0.2, 0) is 14.6 Å². The number of rotatable bonds is 15. The first-order valence-electron chi connectivity index (χ1n) is 16.3. The molecule has 1 heterocycles. The maximum atomic E-state index is 14.1. The molecule has 1 amide bonds. The van der Waals surface area contributed by atoms with E-state index in [0.717, 1.165) is 49.9 Å². The fourth-order valence-corrected chi connectivity index (χ4v) is 8.81. The van der Waals surface area contributed by atoms with Crippen molar-refractivity contribution < 1.29 is 30.7 Å². The van der Waals surface area contributed by atoms with Gasteiger partial charge in [-0.25, -0.2) is 8.42 Å². The van der Waals surface area contributed by atoms with E-state index in [-0.39, 0.29) is 24.1 Å². The van der Waals surface area contributed by atoms with Gasteiger partial charge in [-0.1, -0.05) is 65.5 Å². The molecule has 248 valence electrons. The molecule has 0 saturated carbocycles. The van der Waals surface area contributed by atoms with Gasteiger partial charge in [-0.2, -0.15) is 0 Å². The van der Waals surface area contributed by atoms with E-state index in [1.54, 1.807) is 6.07 Å². The first-order chi connectivity index (χ1) is 20.4. The molecule has 3 rings (SSSR count). The monoisotopic (exact) mass is 648 g/mol. The summed E-state index contributed by atoms with van der Waals surface area (Å²) in [6.07, 6.45) is 5.37. The predicted molar refractivity (Wildman–Crippen MR) is 179 cm³/mol. The third kappa shape index (κ3) is 8.99. The van der Waals surface area contributed by atoms with Gasteiger partial charge in [-0.15, -0.1) is 0 Å². The molecule has 0 fully saturated rings. The largest absolute Gasteiger partial charge is 1.00 e. The summed E-state index contributed by atoms with van der Waals surface area (Å²) in [5.41, 5.74) is 2.21. The molecule has 0 bridgehead atoms. The molecule has 2 aromatic carbocycles. The first-order valence-corrected chi connectivity index (χ1v) is 17.9. The summed E-state index contributed by atoms with van der Waals surface area (Å²) < 4.78 is 28.2. The highest BCUT2D eigenvalue weighted by Crippen LogP contribution is 2.50. The highest BCUT2D eigenvalue weighted by molar-refractivity contribution is 7.91. The van der Waals surface area contributed by atoms with Crippen molar-refractivity contribution in [3.05, 3.63) is 53.6 Å². The van der Waals surface area contributed by atoms with Crippen molar-refractivity contribution in [1.82, 2.24) is 4.90 Å². The van der Waals surface area contributed by atoms with Crippen LogP contribution < -0.4 is 22.6 Å². The van der Waals surface area contributed by atoms with Gasteiger partial charge in [0, 0.05) is 55.8 Å². The van der Waals surface area contributed by atoms with Gasteiger partial charge < -0.3 is 32.6 Å². The zero-order valence-electron chi connectivity index (χ0n) is 27.9. The lowest BCUT2D eigenvalue weighted by atomic mass is 9.68. The second-order valence-electron chi connectivity index (χ2n) is 12.7. The van der Waals surface area contributed by atoms with Crippen LogP contribution in [0.25, 0.3) is 0 Å². The number of carbonyl (C=O) groups is 1. The predicted octanol–water partition coefficient (Wildman–Crippen LogP) is 3.85. The van der Waals surface area contributed by atoms with E-state index in [9.17, 15) is 18.3 Å². The Bertz CT molecular complexity index is 1310. The number of nitrogens with one attached hydrogen (secondary N) is 1. The molecule has 0 radical (unpaired) electrons. The Morgan fingerprint density at radius 1 is 1.05 bits per heavy atom. The topological polar surface area (TPSA) is 90.0 Å². The van der Waals surface area contributed by atoms with Crippen molar-refractivity contribution in [3.8, 4) is 0 Å². The Kier molecular flexibility index (Phi) is 14.7. The molecule has 0 aliphatic carbocycles. The van der Waals surface area contributed by atoms with E-state index in [0.29, 0.717) is 48.0 Å². The average molecular weight is 649 g/mol. The molecule has 0 spiro atoms. The highest BCUT2D eigenvalue weighted by atomic mass is 35.5. The molecule has 1 aliphatic rings. The van der Waals surface area contributed by atoms with Gasteiger partial charge in [0.1, 0.15) is 0 Å². The van der Waals surface area contributed by atoms with Crippen LogP contribution in [-0.4, -0.2) is 69.4 Å². The van der Waals surface area contributed by atoms with Crippen LogP contribution in [0.5, 0.6) is 0 Å². The summed E-state index contributed by atoms with van der Waals surface area (Å²) in [6.45, 7) is 12.3. The van der Waals surface area contributed by atoms with Crippen molar-refractivity contribution in [2.45, 2.75) is 109 Å². The fourth-order valence-electron chi connectivity index (χ4n) is 6.62. The smallest absolute Gasteiger partial charge is 0.225 e. The van der Waals surface area contributed by atoms with Crippen molar-refractivity contribution >= 4 is 27.1 Å². The van der Waals surface area contributed by atoms with Gasteiger partial charge in [-0.05, 0) is 74.2 Å². The maximum absolute atomic E-state index is 14.1. The maximum Gasteiger partial charge on any atom is 0.225 e. The molecule has 2 N–H and O–H groups in total. The first kappa shape index (κ1) is 38.1. The zero-order chi connectivity index (χ0) is 31.8. The molecule has 9 heteroatoms. The number of anilines is 2. The molecule has 1 unspecified atom stereocenters. The van der Waals surface area contributed by atoms with E-state index in [1.165, 1.54) is 0 Å². The van der Waals surface area contributed by atoms with Gasteiger partial charge in [0.2, 0.25) is 5.91 Å². The van der Waals surface area contributed by atoms with Crippen LogP contribution >= 0.6 is 0 Å². The van der Waals surface area contributed by atoms with E-state index >= 15 is 0 Å². The van der Waals surface area contributed by atoms with Crippen LogP contribution in [0.3, 0.4) is 0 Å². The Balaban J connectivity index is 0.00000675. The summed E-state index contributed by atoms with van der Waals surface area (Å²) in [6, 6.07) is 13.6. The minimum absolute atomic E-state index is 0. The van der Waals surface area contributed by atoms with Crippen molar-refractivity contribution in [2.75, 3.05) is 43.2 Å².